The van der Waals surface area contributed by atoms with Gasteiger partial charge in [-0.25, -0.2) is 4.79 Å². The van der Waals surface area contributed by atoms with Crippen LogP contribution < -0.4 is 5.32 Å². The van der Waals surface area contributed by atoms with Gasteiger partial charge in [-0.05, 0) is 25.0 Å². The molecule has 3 amide bonds. The van der Waals surface area contributed by atoms with Crippen molar-refractivity contribution >= 4 is 52.6 Å². The van der Waals surface area contributed by atoms with Crippen LogP contribution in [0.4, 0.5) is 10.5 Å². The third kappa shape index (κ3) is 3.91. The molecular formula is C17H21Cl2N3O3S. The lowest BCUT2D eigenvalue weighted by Crippen LogP contribution is -2.54. The number of likely N-dealkylation sites (tertiary alicyclic amines) is 1. The molecule has 0 bridgehead atoms. The van der Waals surface area contributed by atoms with Crippen LogP contribution in [0.15, 0.2) is 18.2 Å². The summed E-state index contributed by atoms with van der Waals surface area (Å²) in [4.78, 5) is 28.2. The van der Waals surface area contributed by atoms with Crippen molar-refractivity contribution in [3.05, 3.63) is 28.2 Å². The van der Waals surface area contributed by atoms with Crippen LogP contribution in [-0.4, -0.2) is 65.7 Å². The van der Waals surface area contributed by atoms with Crippen molar-refractivity contribution in [3.63, 3.8) is 0 Å². The van der Waals surface area contributed by atoms with Gasteiger partial charge >= 0.3 is 6.03 Å². The summed E-state index contributed by atoms with van der Waals surface area (Å²) >= 11 is 13.8. The number of benzene rings is 1. The molecule has 26 heavy (non-hydrogen) atoms. The maximum Gasteiger partial charge on any atom is 0.321 e. The zero-order valence-corrected chi connectivity index (χ0v) is 16.8. The second-order valence-corrected chi connectivity index (χ2v) is 8.41. The summed E-state index contributed by atoms with van der Waals surface area (Å²) in [6.07, 6.45) is 1.48. The number of piperidine rings is 1. The quantitative estimate of drug-likeness (QED) is 0.813. The predicted molar refractivity (Wildman–Crippen MR) is 105 cm³/mol. The highest BCUT2D eigenvalue weighted by Gasteiger charge is 2.48. The van der Waals surface area contributed by atoms with E-state index in [0.29, 0.717) is 47.7 Å². The second-order valence-electron chi connectivity index (χ2n) is 6.29. The zero-order valence-electron chi connectivity index (χ0n) is 14.5. The molecule has 142 valence electrons. The number of thioether (sulfide) groups is 1. The molecule has 1 N–H and O–H groups in total. The molecule has 0 aliphatic carbocycles. The second kappa shape index (κ2) is 8.25. The van der Waals surface area contributed by atoms with E-state index >= 15 is 0 Å². The minimum absolute atomic E-state index is 0.149. The SMILES string of the molecule is COCCN1C(=O)CSC12CCN(C(=O)Nc1cccc(Cl)c1Cl)CC2. The molecular weight excluding hydrogens is 397 g/mol. The number of nitrogens with zero attached hydrogens (tertiary/aromatic N) is 2. The molecule has 0 atom stereocenters. The number of nitrogens with one attached hydrogen (secondary N) is 1. The van der Waals surface area contributed by atoms with Crippen molar-refractivity contribution < 1.29 is 14.3 Å². The van der Waals surface area contributed by atoms with Crippen LogP contribution in [0.3, 0.4) is 0 Å². The van der Waals surface area contributed by atoms with Crippen LogP contribution >= 0.6 is 35.0 Å². The van der Waals surface area contributed by atoms with Crippen LogP contribution in [0.2, 0.25) is 10.0 Å². The highest BCUT2D eigenvalue weighted by atomic mass is 35.5. The van der Waals surface area contributed by atoms with Crippen LogP contribution in [0.25, 0.3) is 0 Å². The molecule has 0 unspecified atom stereocenters. The summed E-state index contributed by atoms with van der Waals surface area (Å²) in [5, 5.41) is 3.55. The van der Waals surface area contributed by atoms with E-state index in [9.17, 15) is 9.59 Å². The molecule has 9 heteroatoms. The van der Waals surface area contributed by atoms with E-state index < -0.39 is 0 Å². The maximum absolute atomic E-state index is 12.6. The Labute approximate surface area is 167 Å². The van der Waals surface area contributed by atoms with Crippen LogP contribution in [-0.2, 0) is 9.53 Å². The number of amides is 3. The summed E-state index contributed by atoms with van der Waals surface area (Å²) in [6.45, 7) is 2.26. The van der Waals surface area contributed by atoms with Gasteiger partial charge in [0.25, 0.3) is 0 Å². The average Bonchev–Trinajstić information content (AvgIpc) is 2.93. The van der Waals surface area contributed by atoms with Crippen molar-refractivity contribution in [2.24, 2.45) is 0 Å². The Bertz CT molecular complexity index is 696. The summed E-state index contributed by atoms with van der Waals surface area (Å²) < 4.78 is 5.13. The van der Waals surface area contributed by atoms with E-state index in [1.54, 1.807) is 42.0 Å². The molecule has 6 nitrogen and oxygen atoms in total. The van der Waals surface area contributed by atoms with Crippen molar-refractivity contribution in [1.29, 1.82) is 0 Å². The van der Waals surface area contributed by atoms with E-state index in [1.165, 1.54) is 0 Å². The van der Waals surface area contributed by atoms with E-state index in [0.717, 1.165) is 12.8 Å². The van der Waals surface area contributed by atoms with Crippen LogP contribution in [0, 0.1) is 0 Å². The van der Waals surface area contributed by atoms with Gasteiger partial charge in [0.1, 0.15) is 0 Å². The molecule has 0 radical (unpaired) electrons. The predicted octanol–water partition coefficient (Wildman–Crippen LogP) is 3.54. The molecule has 1 spiro atoms. The first-order chi connectivity index (χ1) is 12.5. The summed E-state index contributed by atoms with van der Waals surface area (Å²) in [6, 6.07) is 4.92. The number of hydrogen-bond donors (Lipinski definition) is 1. The van der Waals surface area contributed by atoms with Gasteiger partial charge in [-0.1, -0.05) is 29.3 Å². The lowest BCUT2D eigenvalue weighted by molar-refractivity contribution is -0.131. The molecule has 1 aromatic rings. The van der Waals surface area contributed by atoms with Crippen LogP contribution in [0.5, 0.6) is 0 Å². The molecule has 2 fully saturated rings. The Balaban J connectivity index is 1.61. The van der Waals surface area contributed by atoms with Gasteiger partial charge in [0.05, 0.1) is 33.0 Å². The number of ether oxygens (including phenoxy) is 1. The minimum Gasteiger partial charge on any atom is -0.383 e. The number of halogens is 2. The van der Waals surface area contributed by atoms with Gasteiger partial charge in [0.2, 0.25) is 5.91 Å². The summed E-state index contributed by atoms with van der Waals surface area (Å²) in [5.41, 5.74) is 0.497. The van der Waals surface area contributed by atoms with Gasteiger partial charge in [-0.3, -0.25) is 4.79 Å². The standard InChI is InChI=1S/C17H21Cl2N3O3S/c1-25-10-9-22-14(23)11-26-17(22)5-7-21(8-6-17)16(24)20-13-4-2-3-12(18)15(13)19/h2-4H,5-11H2,1H3,(H,20,24). The number of methoxy groups -OCH3 is 1. The van der Waals surface area contributed by atoms with Crippen molar-refractivity contribution in [3.8, 4) is 0 Å². The number of hydrogen-bond acceptors (Lipinski definition) is 4. The largest absolute Gasteiger partial charge is 0.383 e. The molecule has 3 rings (SSSR count). The summed E-state index contributed by atoms with van der Waals surface area (Å²) in [5.74, 6) is 0.643. The number of carbonyl (C=O) groups is 2. The number of rotatable bonds is 4. The molecule has 2 heterocycles. The smallest absolute Gasteiger partial charge is 0.321 e. The Hall–Kier alpha value is -1.15. The normalized spacial score (nSPS) is 19.3. The van der Waals surface area contributed by atoms with Crippen molar-refractivity contribution in [2.75, 3.05) is 44.4 Å². The fourth-order valence-corrected chi connectivity index (χ4v) is 5.07. The van der Waals surface area contributed by atoms with Gasteiger partial charge in [-0.2, -0.15) is 0 Å². The fourth-order valence-electron chi connectivity index (χ4n) is 3.36. The van der Waals surface area contributed by atoms with Gasteiger partial charge in [0, 0.05) is 26.7 Å². The summed E-state index contributed by atoms with van der Waals surface area (Å²) in [7, 11) is 1.63. The Kier molecular flexibility index (Phi) is 6.22. The third-order valence-corrected chi connectivity index (χ3v) is 7.18. The fraction of sp³-hybridized carbons (Fsp3) is 0.529. The number of anilines is 1. The minimum atomic E-state index is -0.222. The molecule has 0 saturated carbocycles. The van der Waals surface area contributed by atoms with Gasteiger partial charge < -0.3 is 19.9 Å². The molecule has 2 aliphatic rings. The van der Waals surface area contributed by atoms with E-state index in [1.807, 2.05) is 4.90 Å². The Morgan fingerprint density at radius 1 is 1.35 bits per heavy atom. The first-order valence-corrected chi connectivity index (χ1v) is 10.1. The lowest BCUT2D eigenvalue weighted by atomic mass is 10.0. The van der Waals surface area contributed by atoms with Crippen molar-refractivity contribution in [1.82, 2.24) is 9.80 Å². The monoisotopic (exact) mass is 417 g/mol. The van der Waals surface area contributed by atoms with Gasteiger partial charge in [0.15, 0.2) is 0 Å². The zero-order chi connectivity index (χ0) is 18.7. The number of carbonyl (C=O) groups excluding carboxylic acids is 2. The van der Waals surface area contributed by atoms with Crippen molar-refractivity contribution in [2.45, 2.75) is 17.7 Å². The Morgan fingerprint density at radius 2 is 2.08 bits per heavy atom. The van der Waals surface area contributed by atoms with E-state index in [-0.39, 0.29) is 16.8 Å². The van der Waals surface area contributed by atoms with Crippen LogP contribution in [0.1, 0.15) is 12.8 Å². The third-order valence-electron chi connectivity index (χ3n) is 4.80. The average molecular weight is 418 g/mol. The van der Waals surface area contributed by atoms with Gasteiger partial charge in [-0.15, -0.1) is 11.8 Å². The van der Waals surface area contributed by atoms with E-state index in [4.69, 9.17) is 27.9 Å². The highest BCUT2D eigenvalue weighted by molar-refractivity contribution is 8.01. The van der Waals surface area contributed by atoms with E-state index in [2.05, 4.69) is 5.32 Å². The molecule has 2 aliphatic heterocycles. The first kappa shape index (κ1) is 19.6. The first-order valence-electron chi connectivity index (χ1n) is 8.40. The number of urea groups is 1. The highest BCUT2D eigenvalue weighted by Crippen LogP contribution is 2.44. The molecule has 0 aromatic heterocycles. The molecule has 2 saturated heterocycles. The topological polar surface area (TPSA) is 61.9 Å². The lowest BCUT2D eigenvalue weighted by Gasteiger charge is -2.43. The maximum atomic E-state index is 12.6. The Morgan fingerprint density at radius 3 is 2.77 bits per heavy atom. The molecule has 1 aromatic carbocycles.